The fourth-order valence-corrected chi connectivity index (χ4v) is 4.12. The molecule has 2 saturated heterocycles. The van der Waals surface area contributed by atoms with Crippen LogP contribution in [0.1, 0.15) is 30.9 Å². The maximum atomic E-state index is 11.1. The van der Waals surface area contributed by atoms with E-state index in [1.807, 2.05) is 0 Å². The molecule has 4 nitrogen and oxygen atoms in total. The minimum Gasteiger partial charge on any atom is -0.447 e. The summed E-state index contributed by atoms with van der Waals surface area (Å²) in [7, 11) is 0. The molecule has 2 aromatic carbocycles. The number of nitrogens with zero attached hydrogens (tertiary/aromatic N) is 1. The van der Waals surface area contributed by atoms with Crippen molar-refractivity contribution in [1.29, 1.82) is 0 Å². The molecule has 2 unspecified atom stereocenters. The van der Waals surface area contributed by atoms with E-state index in [1.54, 1.807) is 0 Å². The van der Waals surface area contributed by atoms with Crippen molar-refractivity contribution in [3.05, 3.63) is 59.7 Å². The Morgan fingerprint density at radius 3 is 2.26 bits per heavy atom. The average molecular weight is 364 g/mol. The van der Waals surface area contributed by atoms with E-state index in [9.17, 15) is 4.79 Å². The lowest BCUT2D eigenvalue weighted by Gasteiger charge is -2.20. The van der Waals surface area contributed by atoms with Crippen LogP contribution < -0.4 is 5.32 Å². The Labute approximate surface area is 161 Å². The SMILES string of the molecule is CC1CCCN1CCc1ccc(-c2ccc(CC3COC(=O)N3)cc2)cc1. The Bertz CT molecular complexity index is 770. The van der Waals surface area contributed by atoms with Crippen LogP contribution in [0.25, 0.3) is 11.1 Å². The lowest BCUT2D eigenvalue weighted by molar-refractivity contribution is 0.177. The van der Waals surface area contributed by atoms with Crippen molar-refractivity contribution in [3.63, 3.8) is 0 Å². The highest BCUT2D eigenvalue weighted by molar-refractivity contribution is 5.69. The first kappa shape index (κ1) is 18.1. The Hall–Kier alpha value is -2.33. The van der Waals surface area contributed by atoms with Crippen LogP contribution in [0, 0.1) is 0 Å². The van der Waals surface area contributed by atoms with E-state index in [-0.39, 0.29) is 12.1 Å². The smallest absolute Gasteiger partial charge is 0.407 e. The zero-order valence-electron chi connectivity index (χ0n) is 16.0. The molecule has 4 heteroatoms. The van der Waals surface area contributed by atoms with Gasteiger partial charge in [0.2, 0.25) is 0 Å². The fourth-order valence-electron chi connectivity index (χ4n) is 4.12. The fraction of sp³-hybridized carbons (Fsp3) is 0.435. The van der Waals surface area contributed by atoms with Crippen molar-refractivity contribution >= 4 is 6.09 Å². The molecule has 0 aliphatic carbocycles. The quantitative estimate of drug-likeness (QED) is 0.841. The van der Waals surface area contributed by atoms with Crippen molar-refractivity contribution in [3.8, 4) is 11.1 Å². The van der Waals surface area contributed by atoms with E-state index in [2.05, 4.69) is 65.7 Å². The number of carbonyl (C=O) groups excluding carboxylic acids is 1. The number of ether oxygens (including phenoxy) is 1. The number of rotatable bonds is 6. The molecule has 0 saturated carbocycles. The summed E-state index contributed by atoms with van der Waals surface area (Å²) in [5.74, 6) is 0. The van der Waals surface area contributed by atoms with Crippen molar-refractivity contribution < 1.29 is 9.53 Å². The molecule has 2 aliphatic rings. The first-order valence-corrected chi connectivity index (χ1v) is 10.0. The molecular formula is C23H28N2O2. The van der Waals surface area contributed by atoms with Crippen LogP contribution in [-0.2, 0) is 17.6 Å². The number of carbonyl (C=O) groups is 1. The minimum absolute atomic E-state index is 0.0842. The summed E-state index contributed by atoms with van der Waals surface area (Å²) < 4.78 is 4.95. The molecule has 2 aromatic rings. The van der Waals surface area contributed by atoms with Gasteiger partial charge in [-0.25, -0.2) is 4.79 Å². The molecule has 2 heterocycles. The Morgan fingerprint density at radius 2 is 1.70 bits per heavy atom. The number of cyclic esters (lactones) is 1. The number of alkyl carbamates (subject to hydrolysis) is 1. The molecular weight excluding hydrogens is 336 g/mol. The largest absolute Gasteiger partial charge is 0.447 e. The minimum atomic E-state index is -0.309. The van der Waals surface area contributed by atoms with Crippen LogP contribution in [0.2, 0.25) is 0 Å². The van der Waals surface area contributed by atoms with E-state index < -0.39 is 0 Å². The first-order chi connectivity index (χ1) is 13.2. The van der Waals surface area contributed by atoms with Crippen molar-refractivity contribution in [2.75, 3.05) is 19.7 Å². The molecule has 4 rings (SSSR count). The number of likely N-dealkylation sites (tertiary alicyclic amines) is 1. The summed E-state index contributed by atoms with van der Waals surface area (Å²) in [6, 6.07) is 18.4. The zero-order chi connectivity index (χ0) is 18.6. The first-order valence-electron chi connectivity index (χ1n) is 10.0. The second-order valence-electron chi connectivity index (χ2n) is 7.81. The third-order valence-corrected chi connectivity index (χ3v) is 5.84. The monoisotopic (exact) mass is 364 g/mol. The molecule has 1 N–H and O–H groups in total. The summed E-state index contributed by atoms with van der Waals surface area (Å²) in [4.78, 5) is 13.7. The summed E-state index contributed by atoms with van der Waals surface area (Å²) in [6.45, 7) is 5.21. The molecule has 2 fully saturated rings. The van der Waals surface area contributed by atoms with Gasteiger partial charge in [0.25, 0.3) is 0 Å². The Kier molecular flexibility index (Phi) is 5.44. The Balaban J connectivity index is 1.33. The zero-order valence-corrected chi connectivity index (χ0v) is 16.0. The van der Waals surface area contributed by atoms with Gasteiger partial charge >= 0.3 is 6.09 Å². The maximum Gasteiger partial charge on any atom is 0.407 e. The topological polar surface area (TPSA) is 41.6 Å². The highest BCUT2D eigenvalue weighted by atomic mass is 16.6. The summed E-state index contributed by atoms with van der Waals surface area (Å²) in [6.07, 6.45) is 4.31. The van der Waals surface area contributed by atoms with Crippen LogP contribution in [0.15, 0.2) is 48.5 Å². The van der Waals surface area contributed by atoms with Crippen LogP contribution in [0.5, 0.6) is 0 Å². The molecule has 0 bridgehead atoms. The van der Waals surface area contributed by atoms with Crippen LogP contribution in [0.4, 0.5) is 4.79 Å². The van der Waals surface area contributed by atoms with E-state index in [4.69, 9.17) is 4.74 Å². The van der Waals surface area contributed by atoms with E-state index >= 15 is 0 Å². The normalized spacial score (nSPS) is 22.6. The van der Waals surface area contributed by atoms with E-state index in [0.29, 0.717) is 6.61 Å². The summed E-state index contributed by atoms with van der Waals surface area (Å²) >= 11 is 0. The highest BCUT2D eigenvalue weighted by Gasteiger charge is 2.22. The molecule has 2 aliphatic heterocycles. The van der Waals surface area contributed by atoms with E-state index in [1.165, 1.54) is 41.6 Å². The number of amides is 1. The molecule has 2 atom stereocenters. The third kappa shape index (κ3) is 4.51. The van der Waals surface area contributed by atoms with Crippen molar-refractivity contribution in [2.45, 2.75) is 44.7 Å². The molecule has 27 heavy (non-hydrogen) atoms. The average Bonchev–Trinajstić information content (AvgIpc) is 3.29. The van der Waals surface area contributed by atoms with E-state index in [0.717, 1.165) is 25.4 Å². The number of hydrogen-bond donors (Lipinski definition) is 1. The van der Waals surface area contributed by atoms with Crippen LogP contribution in [0.3, 0.4) is 0 Å². The van der Waals surface area contributed by atoms with Crippen LogP contribution >= 0.6 is 0 Å². The van der Waals surface area contributed by atoms with Gasteiger partial charge in [-0.1, -0.05) is 48.5 Å². The number of nitrogens with one attached hydrogen (secondary N) is 1. The molecule has 142 valence electrons. The van der Waals surface area contributed by atoms with Gasteiger partial charge in [-0.3, -0.25) is 0 Å². The lowest BCUT2D eigenvalue weighted by atomic mass is 9.99. The third-order valence-electron chi connectivity index (χ3n) is 5.84. The van der Waals surface area contributed by atoms with Gasteiger partial charge in [0.05, 0.1) is 6.04 Å². The molecule has 0 radical (unpaired) electrons. The standard InChI is InChI=1S/C23H28N2O2/c1-17-3-2-13-25(17)14-12-18-4-8-20(9-5-18)21-10-6-19(7-11-21)15-22-16-27-23(26)24-22/h4-11,17,22H,2-3,12-16H2,1H3,(H,24,26). The van der Waals surface area contributed by atoms with Crippen molar-refractivity contribution in [1.82, 2.24) is 10.2 Å². The second kappa shape index (κ2) is 8.13. The van der Waals surface area contributed by atoms with Gasteiger partial charge < -0.3 is 15.0 Å². The highest BCUT2D eigenvalue weighted by Crippen LogP contribution is 2.22. The van der Waals surface area contributed by atoms with Crippen LogP contribution in [-0.4, -0.2) is 42.8 Å². The lowest BCUT2D eigenvalue weighted by Crippen LogP contribution is -2.28. The maximum absolute atomic E-state index is 11.1. The summed E-state index contributed by atoms with van der Waals surface area (Å²) in [5, 5.41) is 2.83. The second-order valence-corrected chi connectivity index (χ2v) is 7.81. The molecule has 1 amide bonds. The number of benzene rings is 2. The van der Waals surface area contributed by atoms with Gasteiger partial charge in [-0.05, 0) is 61.4 Å². The van der Waals surface area contributed by atoms with Gasteiger partial charge in [0, 0.05) is 12.6 Å². The predicted molar refractivity (Wildman–Crippen MR) is 108 cm³/mol. The van der Waals surface area contributed by atoms with Gasteiger partial charge in [-0.2, -0.15) is 0 Å². The van der Waals surface area contributed by atoms with Gasteiger partial charge in [0.1, 0.15) is 6.61 Å². The predicted octanol–water partition coefficient (Wildman–Crippen LogP) is 4.03. The summed E-state index contributed by atoms with van der Waals surface area (Å²) in [5.41, 5.74) is 5.10. The Morgan fingerprint density at radius 1 is 1.04 bits per heavy atom. The molecule has 0 aromatic heterocycles. The van der Waals surface area contributed by atoms with Gasteiger partial charge in [-0.15, -0.1) is 0 Å². The molecule has 0 spiro atoms. The van der Waals surface area contributed by atoms with Crippen molar-refractivity contribution in [2.24, 2.45) is 0 Å². The van der Waals surface area contributed by atoms with Gasteiger partial charge in [0.15, 0.2) is 0 Å². The number of hydrogen-bond acceptors (Lipinski definition) is 3.